The van der Waals surface area contributed by atoms with Crippen LogP contribution < -0.4 is 5.43 Å². The van der Waals surface area contributed by atoms with E-state index in [-0.39, 0.29) is 21.7 Å². The zero-order valence-electron chi connectivity index (χ0n) is 9.95. The molecule has 1 aromatic carbocycles. The van der Waals surface area contributed by atoms with E-state index in [9.17, 15) is 13.6 Å². The zero-order chi connectivity index (χ0) is 14.3. The fourth-order valence-electron chi connectivity index (χ4n) is 2.03. The summed E-state index contributed by atoms with van der Waals surface area (Å²) in [6.45, 7) is 0. The molecule has 0 radical (unpaired) electrons. The summed E-state index contributed by atoms with van der Waals surface area (Å²) >= 11 is 5.90. The van der Waals surface area contributed by atoms with Crippen LogP contribution in [0.4, 0.5) is 8.78 Å². The number of nitrogens with one attached hydrogen (secondary N) is 1. The Morgan fingerprint density at radius 3 is 2.70 bits per heavy atom. The fourth-order valence-corrected chi connectivity index (χ4v) is 2.27. The third-order valence-electron chi connectivity index (χ3n) is 2.97. The molecule has 0 fully saturated rings. The van der Waals surface area contributed by atoms with Gasteiger partial charge in [0.15, 0.2) is 5.43 Å². The molecule has 0 amide bonds. The summed E-state index contributed by atoms with van der Waals surface area (Å²) in [4.78, 5) is 19.1. The van der Waals surface area contributed by atoms with E-state index in [1.54, 1.807) is 6.07 Å². The lowest BCUT2D eigenvalue weighted by Gasteiger charge is -2.05. The molecule has 6 heteroatoms. The summed E-state index contributed by atoms with van der Waals surface area (Å²) in [6.07, 6.45) is 2.83. The Kier molecular flexibility index (Phi) is 2.99. The molecule has 0 bridgehead atoms. The van der Waals surface area contributed by atoms with Crippen LogP contribution in [0.1, 0.15) is 0 Å². The molecule has 3 rings (SSSR count). The number of pyridine rings is 2. The molecular formula is C14H7ClF2N2O. The van der Waals surface area contributed by atoms with Gasteiger partial charge in [0.05, 0.1) is 10.9 Å². The molecule has 2 aromatic heterocycles. The molecule has 100 valence electrons. The first-order valence-electron chi connectivity index (χ1n) is 5.69. The average Bonchev–Trinajstić information content (AvgIpc) is 2.40. The largest absolute Gasteiger partial charge is 0.360 e. The number of hydrogen-bond donors (Lipinski definition) is 1. The summed E-state index contributed by atoms with van der Waals surface area (Å²) in [5, 5.41) is 0.212. The number of nitrogens with zero attached hydrogens (tertiary/aromatic N) is 1. The number of halogens is 3. The summed E-state index contributed by atoms with van der Waals surface area (Å²) in [7, 11) is 0. The molecule has 3 nitrogen and oxygen atoms in total. The Bertz CT molecular complexity index is 877. The zero-order valence-corrected chi connectivity index (χ0v) is 10.7. The van der Waals surface area contributed by atoms with Crippen molar-refractivity contribution in [1.82, 2.24) is 9.97 Å². The summed E-state index contributed by atoms with van der Waals surface area (Å²) in [5.41, 5.74) is 0.128. The van der Waals surface area contributed by atoms with E-state index < -0.39 is 17.1 Å². The van der Waals surface area contributed by atoms with Gasteiger partial charge in [-0.2, -0.15) is 0 Å². The molecule has 1 N–H and O–H groups in total. The maximum Gasteiger partial charge on any atom is 0.200 e. The second kappa shape index (κ2) is 4.68. The van der Waals surface area contributed by atoms with Crippen LogP contribution in [0.25, 0.3) is 22.0 Å². The van der Waals surface area contributed by atoms with Crippen LogP contribution in [-0.2, 0) is 0 Å². The summed E-state index contributed by atoms with van der Waals surface area (Å²) in [5.74, 6) is -1.52. The molecule has 0 aliphatic heterocycles. The SMILES string of the molecule is O=c1c(-c2ccc(F)cc2F)c[nH]c2ccnc(Cl)c12. The lowest BCUT2D eigenvalue weighted by atomic mass is 10.0. The third kappa shape index (κ3) is 1.96. The van der Waals surface area contributed by atoms with Crippen molar-refractivity contribution in [3.63, 3.8) is 0 Å². The van der Waals surface area contributed by atoms with Crippen molar-refractivity contribution in [3.05, 3.63) is 63.7 Å². The van der Waals surface area contributed by atoms with Crippen molar-refractivity contribution in [1.29, 1.82) is 0 Å². The van der Waals surface area contributed by atoms with E-state index in [0.717, 1.165) is 12.1 Å². The highest BCUT2D eigenvalue weighted by atomic mass is 35.5. The first-order valence-corrected chi connectivity index (χ1v) is 6.07. The van der Waals surface area contributed by atoms with E-state index in [1.807, 2.05) is 0 Å². The number of benzene rings is 1. The third-order valence-corrected chi connectivity index (χ3v) is 3.26. The van der Waals surface area contributed by atoms with Gasteiger partial charge in [0, 0.05) is 29.6 Å². The van der Waals surface area contributed by atoms with E-state index in [0.29, 0.717) is 5.52 Å². The van der Waals surface area contributed by atoms with Gasteiger partial charge in [-0.05, 0) is 18.2 Å². The minimum absolute atomic E-state index is 0.00877. The molecule has 3 aromatic rings. The van der Waals surface area contributed by atoms with E-state index in [4.69, 9.17) is 11.6 Å². The molecule has 20 heavy (non-hydrogen) atoms. The van der Waals surface area contributed by atoms with Crippen molar-refractivity contribution < 1.29 is 8.78 Å². The van der Waals surface area contributed by atoms with Crippen molar-refractivity contribution in [3.8, 4) is 11.1 Å². The van der Waals surface area contributed by atoms with Gasteiger partial charge in [-0.25, -0.2) is 13.8 Å². The van der Waals surface area contributed by atoms with Crippen LogP contribution in [0.2, 0.25) is 5.15 Å². The highest BCUT2D eigenvalue weighted by Gasteiger charge is 2.14. The molecule has 0 aliphatic carbocycles. The van der Waals surface area contributed by atoms with Crippen molar-refractivity contribution in [2.24, 2.45) is 0 Å². The highest BCUT2D eigenvalue weighted by Crippen LogP contribution is 2.23. The van der Waals surface area contributed by atoms with E-state index in [2.05, 4.69) is 9.97 Å². The Balaban J connectivity index is 2.35. The number of hydrogen-bond acceptors (Lipinski definition) is 2. The minimum Gasteiger partial charge on any atom is -0.360 e. The molecular weight excluding hydrogens is 286 g/mol. The Morgan fingerprint density at radius 2 is 1.95 bits per heavy atom. The van der Waals surface area contributed by atoms with Gasteiger partial charge in [0.2, 0.25) is 0 Å². The lowest BCUT2D eigenvalue weighted by molar-refractivity contribution is 0.585. The smallest absolute Gasteiger partial charge is 0.200 e. The van der Waals surface area contributed by atoms with Gasteiger partial charge in [-0.3, -0.25) is 4.79 Å². The number of aromatic amines is 1. The molecule has 0 atom stereocenters. The van der Waals surface area contributed by atoms with Crippen LogP contribution in [0.3, 0.4) is 0 Å². The van der Waals surface area contributed by atoms with Crippen LogP contribution in [0.5, 0.6) is 0 Å². The number of H-pyrrole nitrogens is 1. The van der Waals surface area contributed by atoms with Crippen molar-refractivity contribution in [2.45, 2.75) is 0 Å². The maximum atomic E-state index is 13.8. The highest BCUT2D eigenvalue weighted by molar-refractivity contribution is 6.34. The van der Waals surface area contributed by atoms with Crippen LogP contribution in [-0.4, -0.2) is 9.97 Å². The van der Waals surface area contributed by atoms with E-state index >= 15 is 0 Å². The molecule has 0 spiro atoms. The predicted molar refractivity (Wildman–Crippen MR) is 72.7 cm³/mol. The van der Waals surface area contributed by atoms with Crippen LogP contribution in [0.15, 0.2) is 41.5 Å². The Morgan fingerprint density at radius 1 is 1.15 bits per heavy atom. The first kappa shape index (κ1) is 12.7. The monoisotopic (exact) mass is 292 g/mol. The van der Waals surface area contributed by atoms with Crippen LogP contribution >= 0.6 is 11.6 Å². The van der Waals surface area contributed by atoms with Crippen molar-refractivity contribution in [2.75, 3.05) is 0 Å². The standard InChI is InChI=1S/C14H7ClF2N2O/c15-14-12-11(3-4-18-14)19-6-9(13(12)20)8-2-1-7(16)5-10(8)17/h1-6H,(H,19,20). The molecule has 0 saturated heterocycles. The van der Waals surface area contributed by atoms with Crippen LogP contribution in [0, 0.1) is 11.6 Å². The van der Waals surface area contributed by atoms with Crippen molar-refractivity contribution >= 4 is 22.5 Å². The summed E-state index contributed by atoms with van der Waals surface area (Å²) in [6, 6.07) is 4.62. The van der Waals surface area contributed by atoms with Gasteiger partial charge in [-0.1, -0.05) is 11.6 Å². The fraction of sp³-hybridized carbons (Fsp3) is 0. The van der Waals surface area contributed by atoms with Gasteiger partial charge in [0.25, 0.3) is 0 Å². The molecule has 0 unspecified atom stereocenters. The number of aromatic nitrogens is 2. The van der Waals surface area contributed by atoms with Gasteiger partial charge < -0.3 is 4.98 Å². The normalized spacial score (nSPS) is 10.9. The maximum absolute atomic E-state index is 13.8. The van der Waals surface area contributed by atoms with Gasteiger partial charge in [-0.15, -0.1) is 0 Å². The number of rotatable bonds is 1. The topological polar surface area (TPSA) is 45.8 Å². The second-order valence-corrected chi connectivity index (χ2v) is 4.54. The van der Waals surface area contributed by atoms with E-state index in [1.165, 1.54) is 18.5 Å². The predicted octanol–water partition coefficient (Wildman–Crippen LogP) is 3.52. The lowest BCUT2D eigenvalue weighted by Crippen LogP contribution is -2.08. The number of fused-ring (bicyclic) bond motifs is 1. The Hall–Kier alpha value is -2.27. The quantitative estimate of drug-likeness (QED) is 0.698. The first-order chi connectivity index (χ1) is 9.58. The molecule has 0 aliphatic rings. The molecule has 2 heterocycles. The average molecular weight is 293 g/mol. The Labute approximate surface area is 116 Å². The minimum atomic E-state index is -0.810. The molecule has 0 saturated carbocycles. The summed E-state index contributed by atoms with van der Waals surface area (Å²) < 4.78 is 26.7. The second-order valence-electron chi connectivity index (χ2n) is 4.18. The van der Waals surface area contributed by atoms with Gasteiger partial charge >= 0.3 is 0 Å². The van der Waals surface area contributed by atoms with Gasteiger partial charge in [0.1, 0.15) is 16.8 Å².